The molecule has 2 N–H and O–H groups in total. The van der Waals surface area contributed by atoms with Gasteiger partial charge in [0.05, 0.1) is 34.4 Å². The van der Waals surface area contributed by atoms with Crippen LogP contribution in [0, 0.1) is 11.3 Å². The van der Waals surface area contributed by atoms with Gasteiger partial charge in [0, 0.05) is 56.7 Å². The maximum atomic E-state index is 12.8. The molecule has 9 nitrogen and oxygen atoms in total. The minimum atomic E-state index is -3.48. The molecule has 2 saturated heterocycles. The van der Waals surface area contributed by atoms with E-state index in [0.717, 1.165) is 25.1 Å². The van der Waals surface area contributed by atoms with E-state index in [1.807, 2.05) is 11.8 Å². The van der Waals surface area contributed by atoms with Crippen LogP contribution < -0.4 is 15.8 Å². The van der Waals surface area contributed by atoms with Crippen molar-refractivity contribution in [1.82, 2.24) is 20.8 Å². The fourth-order valence-electron chi connectivity index (χ4n) is 6.13. The third-order valence-corrected chi connectivity index (χ3v) is 9.60. The first-order valence-electron chi connectivity index (χ1n) is 12.8. The summed E-state index contributed by atoms with van der Waals surface area (Å²) >= 11 is 12.8. The minimum absolute atomic E-state index is 0.130. The number of fused-ring (bicyclic) bond motifs is 1. The molecule has 5 rings (SSSR count). The smallest absolute Gasteiger partial charge is 0.179 e. The second-order valence-electron chi connectivity index (χ2n) is 11.5. The summed E-state index contributed by atoms with van der Waals surface area (Å²) in [5, 5.41) is 0.916. The highest BCUT2D eigenvalue weighted by Crippen LogP contribution is 2.43. The molecule has 3 fully saturated rings. The molecule has 2 aromatic rings. The normalized spacial score (nSPS) is 29.6. The molecule has 3 aliphatic rings. The number of hydrogen-bond donors (Lipinski definition) is 2. The summed E-state index contributed by atoms with van der Waals surface area (Å²) in [7, 11) is -1.79. The fraction of sp³-hybridized carbons (Fsp3) is 0.615. The zero-order valence-corrected chi connectivity index (χ0v) is 24.6. The molecule has 4 heterocycles. The molecular weight excluding hydrogens is 549 g/mol. The van der Waals surface area contributed by atoms with Gasteiger partial charge < -0.3 is 14.4 Å². The Morgan fingerprint density at radius 2 is 1.79 bits per heavy atom. The molecule has 5 unspecified atom stereocenters. The predicted octanol–water partition coefficient (Wildman–Crippen LogP) is 4.12. The van der Waals surface area contributed by atoms with Crippen molar-refractivity contribution in [2.75, 3.05) is 31.4 Å². The average molecular weight is 585 g/mol. The number of rotatable bonds is 7. The molecule has 0 bridgehead atoms. The van der Waals surface area contributed by atoms with E-state index in [9.17, 15) is 8.42 Å². The van der Waals surface area contributed by atoms with E-state index in [-0.39, 0.29) is 46.6 Å². The SMILES string of the molecule is COC1CC2NNC(c3cnc(N4CC(C)(C)C4)c(S(C)(=O)=O)c3)C2CC1O[C@H](C)c1c(Cl)cncc1Cl. The first kappa shape index (κ1) is 28.0. The zero-order chi connectivity index (χ0) is 27.4. The van der Waals surface area contributed by atoms with Crippen LogP contribution in [-0.4, -0.2) is 63.1 Å². The van der Waals surface area contributed by atoms with Crippen LogP contribution in [0.2, 0.25) is 10.0 Å². The first-order valence-corrected chi connectivity index (χ1v) is 15.5. The van der Waals surface area contributed by atoms with Gasteiger partial charge in [-0.25, -0.2) is 18.8 Å². The quantitative estimate of drug-likeness (QED) is 0.497. The number of methoxy groups -OCH3 is 1. The number of aromatic nitrogens is 2. The van der Waals surface area contributed by atoms with Crippen molar-refractivity contribution in [3.05, 3.63) is 45.8 Å². The van der Waals surface area contributed by atoms with Gasteiger partial charge in [-0.05, 0) is 42.7 Å². The lowest BCUT2D eigenvalue weighted by Crippen LogP contribution is -2.53. The summed E-state index contributed by atoms with van der Waals surface area (Å²) in [5.74, 6) is 0.660. The van der Waals surface area contributed by atoms with Crippen molar-refractivity contribution in [1.29, 1.82) is 0 Å². The van der Waals surface area contributed by atoms with Gasteiger partial charge >= 0.3 is 0 Å². The molecule has 1 aliphatic carbocycles. The van der Waals surface area contributed by atoms with Gasteiger partial charge in [-0.3, -0.25) is 10.4 Å². The van der Waals surface area contributed by atoms with E-state index in [4.69, 9.17) is 32.7 Å². The van der Waals surface area contributed by atoms with E-state index in [1.165, 1.54) is 6.26 Å². The molecule has 0 spiro atoms. The molecule has 0 radical (unpaired) electrons. The Morgan fingerprint density at radius 3 is 2.39 bits per heavy atom. The number of hydrogen-bond acceptors (Lipinski definition) is 9. The van der Waals surface area contributed by atoms with Crippen LogP contribution in [0.1, 0.15) is 56.9 Å². The number of sulfone groups is 1. The van der Waals surface area contributed by atoms with Gasteiger partial charge in [-0.2, -0.15) is 0 Å². The fourth-order valence-corrected chi connectivity index (χ4v) is 7.67. The van der Waals surface area contributed by atoms with Gasteiger partial charge in [0.2, 0.25) is 0 Å². The molecule has 0 aromatic carbocycles. The molecule has 2 aromatic heterocycles. The van der Waals surface area contributed by atoms with Gasteiger partial charge in [-0.1, -0.05) is 37.0 Å². The number of hydrazine groups is 1. The van der Waals surface area contributed by atoms with Gasteiger partial charge in [0.25, 0.3) is 0 Å². The maximum Gasteiger partial charge on any atom is 0.179 e. The summed E-state index contributed by atoms with van der Waals surface area (Å²) < 4.78 is 37.9. The number of anilines is 1. The van der Waals surface area contributed by atoms with Crippen molar-refractivity contribution in [2.24, 2.45) is 11.3 Å². The summed E-state index contributed by atoms with van der Waals surface area (Å²) in [6, 6.07) is 1.77. The van der Waals surface area contributed by atoms with E-state index in [2.05, 4.69) is 34.7 Å². The second-order valence-corrected chi connectivity index (χ2v) is 14.3. The molecule has 1 saturated carbocycles. The van der Waals surface area contributed by atoms with Crippen molar-refractivity contribution >= 4 is 38.9 Å². The molecule has 12 heteroatoms. The van der Waals surface area contributed by atoms with Crippen LogP contribution in [0.25, 0.3) is 0 Å². The lowest BCUT2D eigenvalue weighted by Gasteiger charge is -2.47. The Balaban J connectivity index is 1.39. The van der Waals surface area contributed by atoms with Crippen LogP contribution in [-0.2, 0) is 19.3 Å². The van der Waals surface area contributed by atoms with Crippen LogP contribution in [0.3, 0.4) is 0 Å². The molecule has 0 amide bonds. The zero-order valence-electron chi connectivity index (χ0n) is 22.2. The molecule has 6 atom stereocenters. The molecule has 38 heavy (non-hydrogen) atoms. The third-order valence-electron chi connectivity index (χ3n) is 7.90. The monoisotopic (exact) mass is 583 g/mol. The van der Waals surface area contributed by atoms with Gasteiger partial charge in [-0.15, -0.1) is 0 Å². The van der Waals surface area contributed by atoms with Crippen LogP contribution in [0.5, 0.6) is 0 Å². The Morgan fingerprint density at radius 1 is 1.11 bits per heavy atom. The van der Waals surface area contributed by atoms with Gasteiger partial charge in [0.15, 0.2) is 9.84 Å². The number of nitrogens with zero attached hydrogens (tertiary/aromatic N) is 3. The van der Waals surface area contributed by atoms with E-state index < -0.39 is 9.84 Å². The van der Waals surface area contributed by atoms with Crippen molar-refractivity contribution in [3.63, 3.8) is 0 Å². The molecular formula is C26H35Cl2N5O4S. The summed E-state index contributed by atoms with van der Waals surface area (Å²) in [5.41, 5.74) is 8.47. The van der Waals surface area contributed by atoms with Crippen molar-refractivity contribution in [2.45, 2.75) is 68.9 Å². The highest BCUT2D eigenvalue weighted by Gasteiger charge is 2.47. The maximum absolute atomic E-state index is 12.8. The lowest BCUT2D eigenvalue weighted by molar-refractivity contribution is -0.117. The Bertz CT molecular complexity index is 1280. The predicted molar refractivity (Wildman–Crippen MR) is 147 cm³/mol. The Hall–Kier alpha value is -1.53. The van der Waals surface area contributed by atoms with E-state index in [0.29, 0.717) is 27.8 Å². The minimum Gasteiger partial charge on any atom is -0.379 e. The topological polar surface area (TPSA) is 106 Å². The summed E-state index contributed by atoms with van der Waals surface area (Å²) in [6.45, 7) is 7.80. The first-order chi connectivity index (χ1) is 17.9. The van der Waals surface area contributed by atoms with Gasteiger partial charge in [0.1, 0.15) is 10.7 Å². The van der Waals surface area contributed by atoms with Crippen LogP contribution >= 0.6 is 23.2 Å². The highest BCUT2D eigenvalue weighted by atomic mass is 35.5. The molecule has 208 valence electrons. The largest absolute Gasteiger partial charge is 0.379 e. The van der Waals surface area contributed by atoms with Crippen molar-refractivity contribution < 1.29 is 17.9 Å². The van der Waals surface area contributed by atoms with Crippen molar-refractivity contribution in [3.8, 4) is 0 Å². The Kier molecular flexibility index (Phi) is 7.71. The van der Waals surface area contributed by atoms with Crippen LogP contribution in [0.15, 0.2) is 29.6 Å². The number of pyridine rings is 2. The van der Waals surface area contributed by atoms with E-state index >= 15 is 0 Å². The highest BCUT2D eigenvalue weighted by molar-refractivity contribution is 7.90. The van der Waals surface area contributed by atoms with Crippen LogP contribution in [0.4, 0.5) is 5.82 Å². The second kappa shape index (κ2) is 10.5. The third kappa shape index (κ3) is 5.41. The number of nitrogens with one attached hydrogen (secondary N) is 2. The number of halogens is 2. The molecule has 2 aliphatic heterocycles. The van der Waals surface area contributed by atoms with E-state index in [1.54, 1.807) is 31.8 Å². The summed E-state index contributed by atoms with van der Waals surface area (Å²) in [4.78, 5) is 11.0. The summed E-state index contributed by atoms with van der Waals surface area (Å²) in [6.07, 6.45) is 6.87. The standard InChI is InChI=1S/C26H35Cl2N5O4S/c1-14(23-17(27)10-29-11-18(23)28)37-21-7-16-19(8-20(21)36-4)31-32-24(16)15-6-22(38(5,34)35)25(30-9-15)33-12-26(2,3)13-33/h6,9-11,14,16,19-21,24,31-32H,7-8,12-13H2,1-5H3/t14-,16?,19?,20?,21?,24?/m1/s1. The number of ether oxygens (including phenoxy) is 2. The lowest BCUT2D eigenvalue weighted by atomic mass is 9.77. The average Bonchev–Trinajstić information content (AvgIpc) is 3.23. The Labute approximate surface area is 234 Å².